The molecular weight excluding hydrogens is 332 g/mol. The average Bonchev–Trinajstić information content (AvgIpc) is 2.91. The number of sulfone groups is 1. The van der Waals surface area contributed by atoms with Gasteiger partial charge in [-0.3, -0.25) is 9.69 Å². The summed E-state index contributed by atoms with van der Waals surface area (Å²) in [6, 6.07) is 6.36. The molecule has 2 rings (SSSR count). The van der Waals surface area contributed by atoms with Gasteiger partial charge in [-0.05, 0) is 31.2 Å². The summed E-state index contributed by atoms with van der Waals surface area (Å²) in [6.07, 6.45) is 0.557. The Kier molecular flexibility index (Phi) is 5.95. The van der Waals surface area contributed by atoms with E-state index < -0.39 is 15.8 Å². The van der Waals surface area contributed by atoms with Gasteiger partial charge < -0.3 is 10.1 Å². The molecule has 1 aromatic rings. The third kappa shape index (κ3) is 4.78. The minimum atomic E-state index is -2.99. The highest BCUT2D eigenvalue weighted by Gasteiger charge is 2.32. The molecule has 1 amide bonds. The Morgan fingerprint density at radius 2 is 2.12 bits per heavy atom. The van der Waals surface area contributed by atoms with E-state index in [1.807, 2.05) is 11.8 Å². The zero-order valence-corrected chi connectivity index (χ0v) is 14.6. The number of likely N-dealkylation sites (N-methyl/N-ethyl adjacent to an activating group) is 1. The first-order valence-electron chi connectivity index (χ1n) is 7.77. The summed E-state index contributed by atoms with van der Waals surface area (Å²) in [7, 11) is -1.69. The van der Waals surface area contributed by atoms with Crippen molar-refractivity contribution >= 4 is 27.4 Å². The molecule has 1 aliphatic heterocycles. The molecule has 1 unspecified atom stereocenters. The maximum Gasteiger partial charge on any atom is 0.337 e. The fourth-order valence-electron chi connectivity index (χ4n) is 2.79. The smallest absolute Gasteiger partial charge is 0.337 e. The summed E-state index contributed by atoms with van der Waals surface area (Å²) in [6.45, 7) is 2.60. The van der Waals surface area contributed by atoms with Gasteiger partial charge in [0.05, 0.1) is 30.7 Å². The summed E-state index contributed by atoms with van der Waals surface area (Å²) in [4.78, 5) is 25.6. The number of ether oxygens (including phenoxy) is 1. The number of esters is 1. The van der Waals surface area contributed by atoms with Crippen LogP contribution < -0.4 is 5.32 Å². The van der Waals surface area contributed by atoms with Crippen molar-refractivity contribution in [3.63, 3.8) is 0 Å². The molecule has 24 heavy (non-hydrogen) atoms. The van der Waals surface area contributed by atoms with Crippen molar-refractivity contribution in [2.75, 3.05) is 37.0 Å². The Morgan fingerprint density at radius 1 is 1.38 bits per heavy atom. The van der Waals surface area contributed by atoms with Crippen molar-refractivity contribution in [2.24, 2.45) is 0 Å². The number of anilines is 1. The number of nitrogens with zero attached hydrogens (tertiary/aromatic N) is 1. The van der Waals surface area contributed by atoms with Gasteiger partial charge in [0.15, 0.2) is 9.84 Å². The quantitative estimate of drug-likeness (QED) is 0.764. The van der Waals surface area contributed by atoms with Crippen LogP contribution in [0.1, 0.15) is 23.7 Å². The molecule has 8 heteroatoms. The number of hydrogen-bond acceptors (Lipinski definition) is 6. The highest BCUT2D eigenvalue weighted by atomic mass is 32.2. The number of hydrogen-bond donors (Lipinski definition) is 1. The van der Waals surface area contributed by atoms with E-state index in [0.717, 1.165) is 0 Å². The maximum absolute atomic E-state index is 12.2. The van der Waals surface area contributed by atoms with Crippen LogP contribution in [-0.2, 0) is 19.4 Å². The van der Waals surface area contributed by atoms with E-state index >= 15 is 0 Å². The number of amides is 1. The molecule has 1 heterocycles. The van der Waals surface area contributed by atoms with Crippen LogP contribution in [0.15, 0.2) is 24.3 Å². The molecule has 0 bridgehead atoms. The van der Waals surface area contributed by atoms with Gasteiger partial charge in [0.2, 0.25) is 5.91 Å². The summed E-state index contributed by atoms with van der Waals surface area (Å²) < 4.78 is 27.8. The molecule has 0 radical (unpaired) electrons. The van der Waals surface area contributed by atoms with Gasteiger partial charge in [0.25, 0.3) is 0 Å². The fourth-order valence-corrected chi connectivity index (χ4v) is 4.55. The van der Waals surface area contributed by atoms with Gasteiger partial charge in [-0.1, -0.05) is 13.0 Å². The summed E-state index contributed by atoms with van der Waals surface area (Å²) in [5.74, 6) is -0.441. The first-order chi connectivity index (χ1) is 11.3. The van der Waals surface area contributed by atoms with Crippen molar-refractivity contribution < 1.29 is 22.7 Å². The summed E-state index contributed by atoms with van der Waals surface area (Å²) >= 11 is 0. The third-order valence-corrected chi connectivity index (χ3v) is 5.80. The number of carbonyl (C=O) groups excluding carboxylic acids is 2. The first kappa shape index (κ1) is 18.4. The molecule has 1 saturated heterocycles. The van der Waals surface area contributed by atoms with Gasteiger partial charge in [0, 0.05) is 11.7 Å². The first-order valence-corrected chi connectivity index (χ1v) is 9.59. The normalized spacial score (nSPS) is 19.2. The Bertz CT molecular complexity index is 717. The van der Waals surface area contributed by atoms with E-state index in [-0.39, 0.29) is 30.0 Å². The van der Waals surface area contributed by atoms with Crippen LogP contribution in [0.5, 0.6) is 0 Å². The predicted molar refractivity (Wildman–Crippen MR) is 90.7 cm³/mol. The zero-order valence-electron chi connectivity index (χ0n) is 13.8. The van der Waals surface area contributed by atoms with Crippen molar-refractivity contribution in [2.45, 2.75) is 19.4 Å². The lowest BCUT2D eigenvalue weighted by Crippen LogP contribution is -2.41. The lowest BCUT2D eigenvalue weighted by molar-refractivity contribution is -0.117. The van der Waals surface area contributed by atoms with Crippen LogP contribution in [0.25, 0.3) is 0 Å². The predicted octanol–water partition coefficient (Wildman–Crippen LogP) is 0.921. The second-order valence-electron chi connectivity index (χ2n) is 5.74. The Balaban J connectivity index is 1.98. The van der Waals surface area contributed by atoms with Crippen LogP contribution in [0.3, 0.4) is 0 Å². The van der Waals surface area contributed by atoms with Gasteiger partial charge in [0.1, 0.15) is 0 Å². The van der Waals surface area contributed by atoms with Crippen LogP contribution in [0.4, 0.5) is 5.69 Å². The molecule has 0 spiro atoms. The highest BCUT2D eigenvalue weighted by Crippen LogP contribution is 2.18. The Morgan fingerprint density at radius 3 is 2.71 bits per heavy atom. The van der Waals surface area contributed by atoms with Gasteiger partial charge in [-0.15, -0.1) is 0 Å². The second-order valence-corrected chi connectivity index (χ2v) is 7.97. The van der Waals surface area contributed by atoms with Crippen LogP contribution in [-0.4, -0.2) is 62.9 Å². The van der Waals surface area contributed by atoms with Crippen molar-refractivity contribution in [3.8, 4) is 0 Å². The topological polar surface area (TPSA) is 92.8 Å². The molecule has 1 aliphatic rings. The van der Waals surface area contributed by atoms with Gasteiger partial charge in [-0.2, -0.15) is 0 Å². The Labute approximate surface area is 141 Å². The minimum absolute atomic E-state index is 0.103. The second kappa shape index (κ2) is 7.76. The van der Waals surface area contributed by atoms with Gasteiger partial charge in [-0.25, -0.2) is 13.2 Å². The lowest BCUT2D eigenvalue weighted by atomic mass is 10.2. The molecule has 1 atom stereocenters. The lowest BCUT2D eigenvalue weighted by Gasteiger charge is -2.25. The number of carbonyl (C=O) groups is 2. The molecular formula is C16H22N2O5S. The van der Waals surface area contributed by atoms with Crippen LogP contribution >= 0.6 is 0 Å². The molecule has 7 nitrogen and oxygen atoms in total. The number of methoxy groups -OCH3 is 1. The molecule has 1 fully saturated rings. The third-order valence-electron chi connectivity index (χ3n) is 4.05. The monoisotopic (exact) mass is 354 g/mol. The molecule has 0 aromatic heterocycles. The summed E-state index contributed by atoms with van der Waals surface area (Å²) in [5.41, 5.74) is 0.850. The van der Waals surface area contributed by atoms with Crippen molar-refractivity contribution in [1.82, 2.24) is 4.90 Å². The average molecular weight is 354 g/mol. The van der Waals surface area contributed by atoms with E-state index in [9.17, 15) is 18.0 Å². The van der Waals surface area contributed by atoms with E-state index in [4.69, 9.17) is 0 Å². The number of nitrogens with one attached hydrogen (secondary N) is 1. The van der Waals surface area contributed by atoms with Gasteiger partial charge >= 0.3 is 5.97 Å². The van der Waals surface area contributed by atoms with Crippen LogP contribution in [0.2, 0.25) is 0 Å². The molecule has 132 valence electrons. The SMILES string of the molecule is CCN(CC(=O)Nc1cccc(C(=O)OC)c1)C1CCS(=O)(=O)C1. The minimum Gasteiger partial charge on any atom is -0.465 e. The molecule has 1 N–H and O–H groups in total. The van der Waals surface area contributed by atoms with E-state index in [1.165, 1.54) is 7.11 Å². The molecule has 1 aromatic carbocycles. The zero-order chi connectivity index (χ0) is 17.7. The summed E-state index contributed by atoms with van der Waals surface area (Å²) in [5, 5.41) is 2.73. The van der Waals surface area contributed by atoms with E-state index in [0.29, 0.717) is 24.2 Å². The van der Waals surface area contributed by atoms with Crippen molar-refractivity contribution in [1.29, 1.82) is 0 Å². The maximum atomic E-state index is 12.2. The van der Waals surface area contributed by atoms with Crippen molar-refractivity contribution in [3.05, 3.63) is 29.8 Å². The Hall–Kier alpha value is -1.93. The molecule has 0 saturated carbocycles. The number of benzene rings is 1. The standard InChI is InChI=1S/C16H22N2O5S/c1-3-18(14-7-8-24(21,22)11-14)10-15(19)17-13-6-4-5-12(9-13)16(20)23-2/h4-6,9,14H,3,7-8,10-11H2,1-2H3,(H,17,19). The molecule has 0 aliphatic carbocycles. The largest absolute Gasteiger partial charge is 0.465 e. The fraction of sp³-hybridized carbons (Fsp3) is 0.500. The number of rotatable bonds is 6. The van der Waals surface area contributed by atoms with E-state index in [1.54, 1.807) is 24.3 Å². The van der Waals surface area contributed by atoms with E-state index in [2.05, 4.69) is 10.1 Å². The van der Waals surface area contributed by atoms with Crippen LogP contribution in [0, 0.1) is 0 Å². The highest BCUT2D eigenvalue weighted by molar-refractivity contribution is 7.91.